The molecule has 0 spiro atoms. The Balaban J connectivity index is 0.00000400. The molecular weight excluding hydrogens is 643 g/mol. The van der Waals surface area contributed by atoms with Gasteiger partial charge in [0, 0.05) is 69.1 Å². The second-order valence-corrected chi connectivity index (χ2v) is 11.7. The monoisotopic (exact) mass is 679 g/mol. The molecule has 2 aliphatic heterocycles. The average molecular weight is 680 g/mol. The van der Waals surface area contributed by atoms with E-state index in [0.717, 1.165) is 27.6 Å². The fourth-order valence-electron chi connectivity index (χ4n) is 6.27. The maximum Gasteiger partial charge on any atom is 0.246 e. The van der Waals surface area contributed by atoms with E-state index >= 15 is 0 Å². The van der Waals surface area contributed by atoms with E-state index in [2.05, 4.69) is 27.9 Å². The quantitative estimate of drug-likeness (QED) is 0.234. The Bertz CT molecular complexity index is 1660. The normalized spacial score (nSPS) is 24.0. The number of carbonyl (C=O) groups excluding carboxylic acids is 4. The van der Waals surface area contributed by atoms with Crippen molar-refractivity contribution in [3.63, 3.8) is 0 Å². The number of amides is 4. The van der Waals surface area contributed by atoms with Crippen LogP contribution in [0.5, 0.6) is 0 Å². The van der Waals surface area contributed by atoms with Crippen molar-refractivity contribution >= 4 is 34.5 Å². The van der Waals surface area contributed by atoms with Gasteiger partial charge < -0.3 is 32.8 Å². The van der Waals surface area contributed by atoms with Crippen molar-refractivity contribution in [2.45, 2.75) is 49.9 Å². The number of aromatic amines is 1. The molecule has 0 saturated carbocycles. The molecule has 9 nitrogen and oxygen atoms in total. The van der Waals surface area contributed by atoms with Crippen LogP contribution in [0, 0.1) is 12.8 Å². The van der Waals surface area contributed by atoms with E-state index in [-0.39, 0.29) is 70.3 Å². The molecule has 3 heterocycles. The molecule has 0 aliphatic carbocycles. The number of benzene rings is 3. The van der Waals surface area contributed by atoms with Crippen LogP contribution >= 0.6 is 0 Å². The van der Waals surface area contributed by atoms with Crippen molar-refractivity contribution in [1.29, 1.82) is 0 Å². The summed E-state index contributed by atoms with van der Waals surface area (Å²) in [6.45, 7) is 4.42. The van der Waals surface area contributed by atoms with E-state index in [1.807, 2.05) is 91.1 Å². The second kappa shape index (κ2) is 14.5. The average Bonchev–Trinajstić information content (AvgIpc) is 3.63. The molecule has 229 valence electrons. The third kappa shape index (κ3) is 7.53. The number of para-hydroxylation sites is 1. The zero-order valence-corrected chi connectivity index (χ0v) is 27.8. The van der Waals surface area contributed by atoms with Crippen LogP contribution in [0.3, 0.4) is 0 Å². The zero-order chi connectivity index (χ0) is 30.6. The van der Waals surface area contributed by atoms with Crippen LogP contribution in [0.2, 0.25) is 0 Å². The first-order chi connectivity index (χ1) is 21.4. The predicted octanol–water partition coefficient (Wildman–Crippen LogP) is 2.71. The van der Waals surface area contributed by atoms with Gasteiger partial charge in [-0.05, 0) is 35.7 Å². The van der Waals surface area contributed by atoms with E-state index < -0.39 is 41.9 Å². The van der Waals surface area contributed by atoms with Crippen LogP contribution in [0.15, 0.2) is 91.1 Å². The predicted molar refractivity (Wildman–Crippen MR) is 167 cm³/mol. The molecule has 6 rings (SSSR count). The Morgan fingerprint density at radius 1 is 0.667 bits per heavy atom. The molecule has 0 unspecified atom stereocenters. The van der Waals surface area contributed by atoms with Crippen LogP contribution < -0.4 is 16.0 Å². The number of rotatable bonds is 6. The number of nitrogens with one attached hydrogen (secondary N) is 4. The SMILES string of the molecule is [CH2-][C@H]1C[C@@H]2C(=O)N[C@@H](Cc3ccccc3)C(=O)N[C@@H](Cc3c[nH]c4ccccc34)C(=O)N[C@@H](Cc3ccccc3)C(=O)N2C1.[Y]. The van der Waals surface area contributed by atoms with E-state index in [9.17, 15) is 19.2 Å². The fraction of sp³-hybridized carbons (Fsp3) is 0.286. The van der Waals surface area contributed by atoms with Crippen molar-refractivity contribution in [2.75, 3.05) is 6.54 Å². The Morgan fingerprint density at radius 2 is 1.20 bits per heavy atom. The molecule has 5 atom stereocenters. The fourth-order valence-corrected chi connectivity index (χ4v) is 6.27. The zero-order valence-electron chi connectivity index (χ0n) is 24.9. The number of H-pyrrole nitrogens is 1. The van der Waals surface area contributed by atoms with Gasteiger partial charge in [0.15, 0.2) is 0 Å². The third-order valence-electron chi connectivity index (χ3n) is 8.52. The van der Waals surface area contributed by atoms with E-state index in [4.69, 9.17) is 0 Å². The van der Waals surface area contributed by atoms with Gasteiger partial charge in [-0.15, -0.1) is 5.92 Å². The summed E-state index contributed by atoms with van der Waals surface area (Å²) in [5, 5.41) is 9.75. The number of aromatic nitrogens is 1. The van der Waals surface area contributed by atoms with Crippen molar-refractivity contribution in [2.24, 2.45) is 5.92 Å². The van der Waals surface area contributed by atoms with E-state index in [1.165, 1.54) is 4.90 Å². The molecule has 2 aliphatic rings. The molecule has 4 aromatic rings. The minimum atomic E-state index is -1.00. The van der Waals surface area contributed by atoms with Crippen molar-refractivity contribution < 1.29 is 51.9 Å². The van der Waals surface area contributed by atoms with E-state index in [1.54, 1.807) is 0 Å². The van der Waals surface area contributed by atoms with Gasteiger partial charge in [0.2, 0.25) is 23.6 Å². The largest absolute Gasteiger partial charge is 0.361 e. The van der Waals surface area contributed by atoms with Gasteiger partial charge in [-0.1, -0.05) is 78.9 Å². The summed E-state index contributed by atoms with van der Waals surface area (Å²) in [4.78, 5) is 60.6. The summed E-state index contributed by atoms with van der Waals surface area (Å²) in [5.74, 6) is -1.84. The molecule has 10 heteroatoms. The maximum atomic E-state index is 14.1. The van der Waals surface area contributed by atoms with Crippen LogP contribution in [0.4, 0.5) is 0 Å². The summed E-state index contributed by atoms with van der Waals surface area (Å²) in [6.07, 6.45) is 2.85. The molecule has 45 heavy (non-hydrogen) atoms. The minimum absolute atomic E-state index is 0. The number of nitrogens with zero attached hydrogens (tertiary/aromatic N) is 1. The van der Waals surface area contributed by atoms with Crippen LogP contribution in [0.25, 0.3) is 10.9 Å². The van der Waals surface area contributed by atoms with E-state index in [0.29, 0.717) is 6.42 Å². The Hall–Kier alpha value is -3.82. The standard InChI is InChI=1S/C35H36N5O4.Y/c1-22-16-31-34(43)38-28(17-23-10-4-2-5-11-23)32(41)37-29(19-25-20-36-27-15-9-8-14-26(25)27)33(42)39-30(35(44)40(31)21-22)18-24-12-6-3-7-13-24;/h2-15,20,22,28-31,36H,1,16-19,21H2,(H,37,41)(H,38,43)(H,39,42);/q-1;/t22-,28-,29-,30-,31+;/m0./s1. The smallest absolute Gasteiger partial charge is 0.246 e. The maximum absolute atomic E-state index is 14.1. The van der Waals surface area contributed by atoms with Gasteiger partial charge in [0.25, 0.3) is 0 Å². The molecule has 1 radical (unpaired) electrons. The molecule has 0 bridgehead atoms. The summed E-state index contributed by atoms with van der Waals surface area (Å²) in [6, 6.07) is 22.9. The summed E-state index contributed by atoms with van der Waals surface area (Å²) >= 11 is 0. The van der Waals surface area contributed by atoms with Gasteiger partial charge in [-0.25, -0.2) is 0 Å². The van der Waals surface area contributed by atoms with Crippen molar-refractivity contribution in [3.8, 4) is 0 Å². The number of hydrogen-bond donors (Lipinski definition) is 4. The number of fused-ring (bicyclic) bond motifs is 2. The van der Waals surface area contributed by atoms with Crippen LogP contribution in [-0.2, 0) is 71.1 Å². The summed E-state index contributed by atoms with van der Waals surface area (Å²) < 4.78 is 0. The minimum Gasteiger partial charge on any atom is -0.361 e. The molecular formula is C35H36N5O4Y-. The first-order valence-corrected chi connectivity index (χ1v) is 15.0. The Labute approximate surface area is 287 Å². The summed E-state index contributed by atoms with van der Waals surface area (Å²) in [5.41, 5.74) is 3.48. The van der Waals surface area contributed by atoms with Gasteiger partial charge in [0.05, 0.1) is 0 Å². The van der Waals surface area contributed by atoms with Gasteiger partial charge >= 0.3 is 0 Å². The second-order valence-electron chi connectivity index (χ2n) is 11.7. The van der Waals surface area contributed by atoms with Crippen molar-refractivity contribution in [3.05, 3.63) is 115 Å². The Morgan fingerprint density at radius 3 is 1.87 bits per heavy atom. The topological polar surface area (TPSA) is 123 Å². The Kier molecular flexibility index (Phi) is 10.5. The molecule has 4 amide bonds. The number of carbonyl (C=O) groups is 4. The first kappa shape index (κ1) is 32.6. The van der Waals surface area contributed by atoms with Gasteiger partial charge in [-0.2, -0.15) is 0 Å². The number of hydrogen-bond acceptors (Lipinski definition) is 4. The molecule has 2 fully saturated rings. The van der Waals surface area contributed by atoms with Gasteiger partial charge in [-0.3, -0.25) is 19.2 Å². The molecule has 3 aromatic carbocycles. The van der Waals surface area contributed by atoms with Crippen LogP contribution in [0.1, 0.15) is 23.1 Å². The third-order valence-corrected chi connectivity index (χ3v) is 8.52. The molecule has 4 N–H and O–H groups in total. The first-order valence-electron chi connectivity index (χ1n) is 15.0. The van der Waals surface area contributed by atoms with Crippen LogP contribution in [-0.4, -0.2) is 64.2 Å². The summed E-state index contributed by atoms with van der Waals surface area (Å²) in [7, 11) is 0. The molecule has 2 saturated heterocycles. The van der Waals surface area contributed by atoms with Gasteiger partial charge in [0.1, 0.15) is 24.2 Å². The molecule has 1 aromatic heterocycles. The van der Waals surface area contributed by atoms with Crippen molar-refractivity contribution in [1.82, 2.24) is 25.8 Å².